The van der Waals surface area contributed by atoms with Gasteiger partial charge in [-0.05, 0) is 25.0 Å². The van der Waals surface area contributed by atoms with Gasteiger partial charge in [-0.1, -0.05) is 24.4 Å². The molecule has 19 heavy (non-hydrogen) atoms. The van der Waals surface area contributed by atoms with Gasteiger partial charge in [-0.2, -0.15) is 5.10 Å². The maximum Gasteiger partial charge on any atom is 0.143 e. The first-order chi connectivity index (χ1) is 9.15. The third-order valence-electron chi connectivity index (χ3n) is 3.68. The molecule has 0 aliphatic heterocycles. The van der Waals surface area contributed by atoms with Crippen molar-refractivity contribution in [2.24, 2.45) is 0 Å². The van der Waals surface area contributed by atoms with Gasteiger partial charge in [0.05, 0.1) is 28.3 Å². The number of benzene rings is 1. The Balaban J connectivity index is 1.96. The maximum absolute atomic E-state index is 13.5. The lowest BCUT2D eigenvalue weighted by Crippen LogP contribution is -2.00. The Morgan fingerprint density at radius 1 is 1.32 bits per heavy atom. The summed E-state index contributed by atoms with van der Waals surface area (Å²) in [5, 5.41) is 4.63. The molecule has 0 saturated heterocycles. The van der Waals surface area contributed by atoms with Crippen LogP contribution in [0.15, 0.2) is 24.4 Å². The third kappa shape index (κ3) is 2.32. The minimum Gasteiger partial charge on any atom is -0.396 e. The average molecular weight is 280 g/mol. The third-order valence-corrected chi connectivity index (χ3v) is 3.99. The van der Waals surface area contributed by atoms with E-state index in [4.69, 9.17) is 17.3 Å². The van der Waals surface area contributed by atoms with Gasteiger partial charge in [0.15, 0.2) is 0 Å². The molecular weight excluding hydrogens is 265 g/mol. The molecule has 0 atom stereocenters. The van der Waals surface area contributed by atoms with Gasteiger partial charge in [0.1, 0.15) is 5.82 Å². The van der Waals surface area contributed by atoms with Gasteiger partial charge in [-0.3, -0.25) is 0 Å². The predicted molar refractivity (Wildman–Crippen MR) is 74.2 cm³/mol. The predicted octanol–water partition coefficient (Wildman–Crippen LogP) is 3.90. The fourth-order valence-corrected chi connectivity index (χ4v) is 2.79. The van der Waals surface area contributed by atoms with E-state index in [0.717, 1.165) is 18.5 Å². The lowest BCUT2D eigenvalue weighted by Gasteiger charge is -2.06. The smallest absolute Gasteiger partial charge is 0.143 e. The molecule has 1 heterocycles. The highest BCUT2D eigenvalue weighted by Gasteiger charge is 2.22. The van der Waals surface area contributed by atoms with Crippen LogP contribution >= 0.6 is 11.6 Å². The van der Waals surface area contributed by atoms with Gasteiger partial charge < -0.3 is 5.73 Å². The molecule has 1 aliphatic carbocycles. The Morgan fingerprint density at radius 3 is 2.74 bits per heavy atom. The van der Waals surface area contributed by atoms with E-state index in [1.807, 2.05) is 0 Å². The largest absolute Gasteiger partial charge is 0.396 e. The molecule has 2 N–H and O–H groups in total. The first kappa shape index (κ1) is 12.5. The van der Waals surface area contributed by atoms with Gasteiger partial charge in [0, 0.05) is 12.0 Å². The summed E-state index contributed by atoms with van der Waals surface area (Å²) in [4.78, 5) is 0. The van der Waals surface area contributed by atoms with Crippen molar-refractivity contribution in [2.45, 2.75) is 31.6 Å². The van der Waals surface area contributed by atoms with Crippen molar-refractivity contribution in [1.29, 1.82) is 0 Å². The highest BCUT2D eigenvalue weighted by molar-refractivity contribution is 6.30. The second-order valence-electron chi connectivity index (χ2n) is 4.99. The fourth-order valence-electron chi connectivity index (χ4n) is 2.68. The zero-order chi connectivity index (χ0) is 13.4. The van der Waals surface area contributed by atoms with Gasteiger partial charge in [-0.25, -0.2) is 9.07 Å². The molecular formula is C14H15ClFN3. The van der Waals surface area contributed by atoms with E-state index < -0.39 is 5.82 Å². The number of anilines is 1. The number of hydrogen-bond acceptors (Lipinski definition) is 2. The van der Waals surface area contributed by atoms with Crippen LogP contribution in [-0.4, -0.2) is 9.78 Å². The number of nitrogens with zero attached hydrogens (tertiary/aromatic N) is 2. The van der Waals surface area contributed by atoms with E-state index in [9.17, 15) is 4.39 Å². The Labute approximate surface area is 116 Å². The summed E-state index contributed by atoms with van der Waals surface area (Å²) in [6.45, 7) is 0. The van der Waals surface area contributed by atoms with Crippen molar-refractivity contribution in [2.75, 3.05) is 5.73 Å². The molecule has 0 spiro atoms. The van der Waals surface area contributed by atoms with Crippen LogP contribution in [0.4, 0.5) is 10.1 Å². The number of aromatic nitrogens is 2. The summed E-state index contributed by atoms with van der Waals surface area (Å²) >= 11 is 5.68. The van der Waals surface area contributed by atoms with Gasteiger partial charge in [0.25, 0.3) is 0 Å². The summed E-state index contributed by atoms with van der Waals surface area (Å²) in [6.07, 6.45) is 6.47. The van der Waals surface area contributed by atoms with Gasteiger partial charge >= 0.3 is 0 Å². The maximum atomic E-state index is 13.5. The zero-order valence-electron chi connectivity index (χ0n) is 10.4. The second-order valence-corrected chi connectivity index (χ2v) is 5.40. The molecule has 0 unspecified atom stereocenters. The van der Waals surface area contributed by atoms with Crippen LogP contribution in [0.3, 0.4) is 0 Å². The van der Waals surface area contributed by atoms with Crippen LogP contribution < -0.4 is 5.73 Å². The van der Waals surface area contributed by atoms with Crippen molar-refractivity contribution in [1.82, 2.24) is 9.78 Å². The molecule has 1 saturated carbocycles. The minimum absolute atomic E-state index is 0.111. The number of nitrogen functional groups attached to an aromatic ring is 1. The molecule has 0 radical (unpaired) electrons. The average Bonchev–Trinajstić information content (AvgIpc) is 3.01. The molecule has 0 bridgehead atoms. The summed E-state index contributed by atoms with van der Waals surface area (Å²) in [7, 11) is 0. The topological polar surface area (TPSA) is 43.8 Å². The van der Waals surface area contributed by atoms with Gasteiger partial charge in [0.2, 0.25) is 0 Å². The minimum atomic E-state index is -0.448. The van der Waals surface area contributed by atoms with Crippen LogP contribution in [0.5, 0.6) is 0 Å². The normalized spacial score (nSPS) is 16.1. The molecule has 1 fully saturated rings. The van der Waals surface area contributed by atoms with E-state index in [1.165, 1.54) is 25.0 Å². The Hall–Kier alpha value is -1.55. The number of nitrogens with two attached hydrogens (primary N) is 1. The van der Waals surface area contributed by atoms with Crippen LogP contribution in [0, 0.1) is 5.82 Å². The molecule has 1 aromatic heterocycles. The van der Waals surface area contributed by atoms with E-state index in [-0.39, 0.29) is 5.02 Å². The summed E-state index contributed by atoms with van der Waals surface area (Å²) in [6, 6.07) is 4.63. The van der Waals surface area contributed by atoms with Crippen LogP contribution in [0.2, 0.25) is 5.02 Å². The molecule has 0 amide bonds. The molecule has 3 rings (SSSR count). The van der Waals surface area contributed by atoms with E-state index in [2.05, 4.69) is 5.10 Å². The van der Waals surface area contributed by atoms with Crippen molar-refractivity contribution in [3.63, 3.8) is 0 Å². The second kappa shape index (κ2) is 4.85. The molecule has 1 aromatic carbocycles. The Bertz CT molecular complexity index is 603. The number of halogens is 2. The number of rotatable bonds is 2. The summed E-state index contributed by atoms with van der Waals surface area (Å²) in [5.74, 6) is -0.00551. The molecule has 5 heteroatoms. The SMILES string of the molecule is Nc1cn(-c2ccc(Cl)c(F)c2)nc1C1CCCC1. The quantitative estimate of drug-likeness (QED) is 0.906. The highest BCUT2D eigenvalue weighted by atomic mass is 35.5. The van der Waals surface area contributed by atoms with Crippen LogP contribution in [0.1, 0.15) is 37.3 Å². The molecule has 100 valence electrons. The first-order valence-corrected chi connectivity index (χ1v) is 6.83. The Morgan fingerprint density at radius 2 is 2.05 bits per heavy atom. The number of hydrogen-bond donors (Lipinski definition) is 1. The summed E-state index contributed by atoms with van der Waals surface area (Å²) in [5.41, 5.74) is 8.28. The van der Waals surface area contributed by atoms with Crippen LogP contribution in [-0.2, 0) is 0 Å². The van der Waals surface area contributed by atoms with Crippen molar-refractivity contribution in [3.05, 3.63) is 40.9 Å². The van der Waals surface area contributed by atoms with E-state index >= 15 is 0 Å². The van der Waals surface area contributed by atoms with E-state index in [1.54, 1.807) is 16.9 Å². The molecule has 2 aromatic rings. The molecule has 1 aliphatic rings. The molecule has 3 nitrogen and oxygen atoms in total. The summed E-state index contributed by atoms with van der Waals surface area (Å²) < 4.78 is 15.1. The van der Waals surface area contributed by atoms with Crippen LogP contribution in [0.25, 0.3) is 5.69 Å². The fraction of sp³-hybridized carbons (Fsp3) is 0.357. The van der Waals surface area contributed by atoms with E-state index in [0.29, 0.717) is 17.3 Å². The Kier molecular flexibility index (Phi) is 3.19. The van der Waals surface area contributed by atoms with Crippen molar-refractivity contribution < 1.29 is 4.39 Å². The highest BCUT2D eigenvalue weighted by Crippen LogP contribution is 2.36. The lowest BCUT2D eigenvalue weighted by atomic mass is 10.0. The monoisotopic (exact) mass is 279 g/mol. The van der Waals surface area contributed by atoms with Gasteiger partial charge in [-0.15, -0.1) is 0 Å². The van der Waals surface area contributed by atoms with Crippen molar-refractivity contribution >= 4 is 17.3 Å². The first-order valence-electron chi connectivity index (χ1n) is 6.45. The zero-order valence-corrected chi connectivity index (χ0v) is 11.2. The standard InChI is InChI=1S/C14H15ClFN3/c15-11-6-5-10(7-12(11)16)19-8-13(17)14(18-19)9-3-1-2-4-9/h5-9H,1-4,17H2. The lowest BCUT2D eigenvalue weighted by molar-refractivity contribution is 0.624. The van der Waals surface area contributed by atoms with Crippen molar-refractivity contribution in [3.8, 4) is 5.69 Å².